The molecule has 2 fully saturated rings. The van der Waals surface area contributed by atoms with Crippen LogP contribution in [0.3, 0.4) is 0 Å². The maximum atomic E-state index is 11.6. The van der Waals surface area contributed by atoms with Crippen molar-refractivity contribution in [1.82, 2.24) is 10.6 Å². The van der Waals surface area contributed by atoms with E-state index in [1.807, 2.05) is 25.1 Å². The first-order valence-corrected chi connectivity index (χ1v) is 11.1. The third-order valence-electron chi connectivity index (χ3n) is 5.06. The van der Waals surface area contributed by atoms with Crippen LogP contribution in [0.15, 0.2) is 29.3 Å². The molecule has 1 saturated carbocycles. The largest absolute Gasteiger partial charge is 0.357 e. The number of benzene rings is 1. The van der Waals surface area contributed by atoms with Crippen molar-refractivity contribution in [2.75, 3.05) is 31.1 Å². The summed E-state index contributed by atoms with van der Waals surface area (Å²) in [4.78, 5) is 4.75. The molecule has 0 radical (unpaired) electrons. The first kappa shape index (κ1) is 21.8. The van der Waals surface area contributed by atoms with Crippen molar-refractivity contribution >= 4 is 51.4 Å². The first-order chi connectivity index (χ1) is 11.9. The van der Waals surface area contributed by atoms with E-state index in [-0.39, 0.29) is 41.1 Å². The third-order valence-corrected chi connectivity index (χ3v) is 7.13. The van der Waals surface area contributed by atoms with Crippen LogP contribution in [0.2, 0.25) is 5.02 Å². The maximum Gasteiger partial charge on any atom is 0.191 e. The van der Waals surface area contributed by atoms with Crippen LogP contribution in [0.4, 0.5) is 0 Å². The van der Waals surface area contributed by atoms with Gasteiger partial charge in [-0.3, -0.25) is 4.99 Å². The molecule has 26 heavy (non-hydrogen) atoms. The molecule has 8 heteroatoms. The van der Waals surface area contributed by atoms with Gasteiger partial charge in [0.1, 0.15) is 0 Å². The Kier molecular flexibility index (Phi) is 7.62. The molecule has 1 aliphatic heterocycles. The fraction of sp³-hybridized carbons (Fsp3) is 0.611. The minimum atomic E-state index is -2.83. The Bertz CT molecular complexity index is 751. The van der Waals surface area contributed by atoms with Crippen LogP contribution in [0.1, 0.15) is 31.7 Å². The number of nitrogens with one attached hydrogen (secondary N) is 2. The van der Waals surface area contributed by atoms with E-state index < -0.39 is 9.84 Å². The van der Waals surface area contributed by atoms with Crippen molar-refractivity contribution in [2.45, 2.75) is 31.6 Å². The average Bonchev–Trinajstić information content (AvgIpc) is 3.28. The quantitative estimate of drug-likeness (QED) is 0.350. The van der Waals surface area contributed by atoms with E-state index in [0.717, 1.165) is 36.8 Å². The van der Waals surface area contributed by atoms with E-state index in [4.69, 9.17) is 16.6 Å². The van der Waals surface area contributed by atoms with Gasteiger partial charge in [0.05, 0.1) is 18.1 Å². The second-order valence-corrected chi connectivity index (χ2v) is 9.80. The highest BCUT2D eigenvalue weighted by atomic mass is 127. The molecule has 1 aromatic rings. The summed E-state index contributed by atoms with van der Waals surface area (Å²) in [6.45, 7) is 4.17. The summed E-state index contributed by atoms with van der Waals surface area (Å²) < 4.78 is 23.2. The minimum Gasteiger partial charge on any atom is -0.357 e. The van der Waals surface area contributed by atoms with Crippen LogP contribution in [0.5, 0.6) is 0 Å². The number of aliphatic imine (C=N–C) groups is 1. The lowest BCUT2D eigenvalue weighted by Crippen LogP contribution is -2.40. The molecule has 1 atom stereocenters. The molecular formula is C18H27ClIN3O2S. The first-order valence-electron chi connectivity index (χ1n) is 8.91. The summed E-state index contributed by atoms with van der Waals surface area (Å²) in [6.07, 6.45) is 2.98. The van der Waals surface area contributed by atoms with Gasteiger partial charge in [-0.2, -0.15) is 0 Å². The Morgan fingerprint density at radius 1 is 1.35 bits per heavy atom. The van der Waals surface area contributed by atoms with Gasteiger partial charge in [-0.1, -0.05) is 23.7 Å². The highest BCUT2D eigenvalue weighted by Gasteiger charge is 2.44. The summed E-state index contributed by atoms with van der Waals surface area (Å²) >= 11 is 6.13. The zero-order valence-electron chi connectivity index (χ0n) is 15.0. The number of hydrogen-bond acceptors (Lipinski definition) is 3. The van der Waals surface area contributed by atoms with Crippen molar-refractivity contribution in [3.05, 3.63) is 34.9 Å². The van der Waals surface area contributed by atoms with Crippen LogP contribution < -0.4 is 10.6 Å². The van der Waals surface area contributed by atoms with E-state index in [0.29, 0.717) is 18.8 Å². The van der Waals surface area contributed by atoms with Gasteiger partial charge in [0.15, 0.2) is 15.8 Å². The second kappa shape index (κ2) is 9.10. The highest BCUT2D eigenvalue weighted by molar-refractivity contribution is 14.0. The predicted molar refractivity (Wildman–Crippen MR) is 119 cm³/mol. The fourth-order valence-electron chi connectivity index (χ4n) is 3.35. The van der Waals surface area contributed by atoms with Gasteiger partial charge in [-0.15, -0.1) is 24.0 Å². The number of halogens is 2. The van der Waals surface area contributed by atoms with E-state index >= 15 is 0 Å². The van der Waals surface area contributed by atoms with Crippen LogP contribution in [-0.2, 0) is 15.3 Å². The molecular weight excluding hydrogens is 485 g/mol. The standard InChI is InChI=1S/C18H26ClN3O2S.HI/c1-2-20-17(21-11-14-6-9-25(23,24)12-14)22-13-18(7-8-18)15-4-3-5-16(19)10-15;/h3-5,10,14H,2,6-9,11-13H2,1H3,(H2,20,21,22);1H. The molecule has 1 aliphatic carbocycles. The molecule has 0 amide bonds. The molecule has 0 spiro atoms. The number of nitrogens with zero attached hydrogens (tertiary/aromatic N) is 1. The molecule has 1 unspecified atom stereocenters. The lowest BCUT2D eigenvalue weighted by atomic mass is 9.96. The molecule has 2 aliphatic rings. The van der Waals surface area contributed by atoms with Gasteiger partial charge in [0, 0.05) is 23.5 Å². The predicted octanol–water partition coefficient (Wildman–Crippen LogP) is 2.98. The van der Waals surface area contributed by atoms with Gasteiger partial charge in [0.2, 0.25) is 0 Å². The smallest absolute Gasteiger partial charge is 0.191 e. The molecule has 1 saturated heterocycles. The lowest BCUT2D eigenvalue weighted by molar-refractivity contribution is 0.566. The third kappa shape index (κ3) is 5.73. The van der Waals surface area contributed by atoms with Gasteiger partial charge in [0.25, 0.3) is 0 Å². The van der Waals surface area contributed by atoms with Crippen molar-refractivity contribution in [3.8, 4) is 0 Å². The van der Waals surface area contributed by atoms with E-state index in [9.17, 15) is 8.42 Å². The molecule has 5 nitrogen and oxygen atoms in total. The van der Waals surface area contributed by atoms with Crippen LogP contribution in [-0.4, -0.2) is 45.5 Å². The summed E-state index contributed by atoms with van der Waals surface area (Å²) in [5.74, 6) is 1.54. The van der Waals surface area contributed by atoms with Crippen molar-refractivity contribution < 1.29 is 8.42 Å². The SMILES string of the molecule is CCNC(=NCC1(c2cccc(Cl)c2)CC1)NCC1CCS(=O)(=O)C1.I. The highest BCUT2D eigenvalue weighted by Crippen LogP contribution is 2.48. The van der Waals surface area contributed by atoms with Gasteiger partial charge >= 0.3 is 0 Å². The number of guanidine groups is 1. The zero-order valence-corrected chi connectivity index (χ0v) is 18.9. The fourth-order valence-corrected chi connectivity index (χ4v) is 5.41. The molecule has 1 heterocycles. The second-order valence-electron chi connectivity index (χ2n) is 7.14. The Hall–Kier alpha value is -0.540. The Morgan fingerprint density at radius 2 is 2.12 bits per heavy atom. The summed E-state index contributed by atoms with van der Waals surface area (Å²) in [5.41, 5.74) is 1.35. The molecule has 3 rings (SSSR count). The lowest BCUT2D eigenvalue weighted by Gasteiger charge is -2.17. The summed E-state index contributed by atoms with van der Waals surface area (Å²) in [7, 11) is -2.83. The van der Waals surface area contributed by atoms with Crippen LogP contribution in [0.25, 0.3) is 0 Å². The summed E-state index contributed by atoms with van der Waals surface area (Å²) in [6, 6.07) is 8.04. The molecule has 0 bridgehead atoms. The zero-order chi connectivity index (χ0) is 17.9. The average molecular weight is 512 g/mol. The van der Waals surface area contributed by atoms with Crippen molar-refractivity contribution in [2.24, 2.45) is 10.9 Å². The van der Waals surface area contributed by atoms with Gasteiger partial charge in [-0.25, -0.2) is 8.42 Å². The van der Waals surface area contributed by atoms with E-state index in [1.54, 1.807) is 0 Å². The normalized spacial score (nSPS) is 23.2. The summed E-state index contributed by atoms with van der Waals surface area (Å²) in [5, 5.41) is 7.33. The number of rotatable bonds is 6. The topological polar surface area (TPSA) is 70.6 Å². The van der Waals surface area contributed by atoms with E-state index in [1.165, 1.54) is 5.56 Å². The molecule has 0 aromatic heterocycles. The maximum absolute atomic E-state index is 11.6. The Morgan fingerprint density at radius 3 is 2.69 bits per heavy atom. The molecule has 1 aromatic carbocycles. The van der Waals surface area contributed by atoms with E-state index in [2.05, 4.69) is 16.7 Å². The Balaban J connectivity index is 0.00000243. The number of sulfone groups is 1. The van der Waals surface area contributed by atoms with Gasteiger partial charge in [-0.05, 0) is 49.8 Å². The minimum absolute atomic E-state index is 0. The molecule has 2 N–H and O–H groups in total. The van der Waals surface area contributed by atoms with Crippen molar-refractivity contribution in [1.29, 1.82) is 0 Å². The van der Waals surface area contributed by atoms with Crippen LogP contribution >= 0.6 is 35.6 Å². The monoisotopic (exact) mass is 511 g/mol. The van der Waals surface area contributed by atoms with Crippen LogP contribution in [0, 0.1) is 5.92 Å². The van der Waals surface area contributed by atoms with Gasteiger partial charge < -0.3 is 10.6 Å². The number of hydrogen-bond donors (Lipinski definition) is 2. The molecule has 146 valence electrons. The van der Waals surface area contributed by atoms with Crippen molar-refractivity contribution in [3.63, 3.8) is 0 Å². The Labute approximate surface area is 178 Å².